The Kier molecular flexibility index (Phi) is 3.64. The number of nitrogens with two attached hydrogens (primary N) is 1. The van der Waals surface area contributed by atoms with E-state index < -0.39 is 11.7 Å². The molecule has 100 valence electrons. The summed E-state index contributed by atoms with van der Waals surface area (Å²) < 4.78 is 43.5. The van der Waals surface area contributed by atoms with Crippen molar-refractivity contribution in [3.8, 4) is 0 Å². The Labute approximate surface area is 104 Å². The van der Waals surface area contributed by atoms with Crippen LogP contribution in [0.25, 0.3) is 0 Å². The lowest BCUT2D eigenvalue weighted by atomic mass is 9.76. The molecule has 1 aliphatic heterocycles. The average molecular weight is 259 g/mol. The summed E-state index contributed by atoms with van der Waals surface area (Å²) in [6.07, 6.45) is -2.93. The van der Waals surface area contributed by atoms with E-state index in [4.69, 9.17) is 10.5 Å². The van der Waals surface area contributed by atoms with Crippen LogP contribution >= 0.6 is 0 Å². The Balaban J connectivity index is 2.37. The molecule has 2 N–H and O–H groups in total. The minimum Gasteiger partial charge on any atom is -0.380 e. The van der Waals surface area contributed by atoms with E-state index in [9.17, 15) is 13.2 Å². The minimum absolute atomic E-state index is 0.351. The monoisotopic (exact) mass is 259 g/mol. The summed E-state index contributed by atoms with van der Waals surface area (Å²) in [6.45, 7) is 1.47. The molecule has 5 heteroatoms. The van der Waals surface area contributed by atoms with Gasteiger partial charge in [-0.2, -0.15) is 13.2 Å². The maximum Gasteiger partial charge on any atom is 0.416 e. The van der Waals surface area contributed by atoms with E-state index in [2.05, 4.69) is 0 Å². The van der Waals surface area contributed by atoms with Gasteiger partial charge in [0, 0.05) is 12.0 Å². The Hall–Kier alpha value is -1.07. The molecule has 0 radical (unpaired) electrons. The number of halogens is 3. The van der Waals surface area contributed by atoms with Gasteiger partial charge < -0.3 is 10.5 Å². The molecule has 1 unspecified atom stereocenters. The molecule has 1 fully saturated rings. The van der Waals surface area contributed by atoms with Crippen molar-refractivity contribution in [2.45, 2.75) is 24.4 Å². The van der Waals surface area contributed by atoms with Crippen LogP contribution < -0.4 is 5.73 Å². The van der Waals surface area contributed by atoms with Crippen molar-refractivity contribution in [2.75, 3.05) is 19.8 Å². The number of ether oxygens (including phenoxy) is 1. The van der Waals surface area contributed by atoms with Crippen LogP contribution in [-0.4, -0.2) is 19.8 Å². The van der Waals surface area contributed by atoms with Crippen molar-refractivity contribution in [3.63, 3.8) is 0 Å². The zero-order chi connectivity index (χ0) is 13.2. The van der Waals surface area contributed by atoms with Crippen molar-refractivity contribution < 1.29 is 17.9 Å². The van der Waals surface area contributed by atoms with Crippen LogP contribution in [0.2, 0.25) is 0 Å². The number of benzene rings is 1. The fourth-order valence-electron chi connectivity index (χ4n) is 2.48. The lowest BCUT2D eigenvalue weighted by molar-refractivity contribution is -0.137. The molecule has 1 heterocycles. The summed E-state index contributed by atoms with van der Waals surface area (Å²) in [5.41, 5.74) is 5.30. The zero-order valence-corrected chi connectivity index (χ0v) is 9.96. The number of hydrogen-bond acceptors (Lipinski definition) is 2. The number of hydrogen-bond donors (Lipinski definition) is 1. The second-order valence-corrected chi connectivity index (χ2v) is 4.70. The summed E-state index contributed by atoms with van der Waals surface area (Å²) >= 11 is 0. The van der Waals surface area contributed by atoms with Gasteiger partial charge in [-0.25, -0.2) is 0 Å². The third kappa shape index (κ3) is 2.52. The lowest BCUT2D eigenvalue weighted by Gasteiger charge is -2.28. The van der Waals surface area contributed by atoms with Gasteiger partial charge in [0.25, 0.3) is 0 Å². The molecule has 18 heavy (non-hydrogen) atoms. The largest absolute Gasteiger partial charge is 0.416 e. The SMILES string of the molecule is NCCC1(c2cccc(C(F)(F)F)c2)CCOC1. The molecule has 1 aliphatic rings. The number of rotatable bonds is 3. The van der Waals surface area contributed by atoms with Crippen molar-refractivity contribution in [1.29, 1.82) is 0 Å². The molecule has 2 nitrogen and oxygen atoms in total. The average Bonchev–Trinajstić information content (AvgIpc) is 2.79. The topological polar surface area (TPSA) is 35.2 Å². The van der Waals surface area contributed by atoms with Gasteiger partial charge >= 0.3 is 6.18 Å². The van der Waals surface area contributed by atoms with E-state index in [1.807, 2.05) is 0 Å². The first kappa shape index (κ1) is 13.4. The van der Waals surface area contributed by atoms with Crippen LogP contribution in [0, 0.1) is 0 Å². The fourth-order valence-corrected chi connectivity index (χ4v) is 2.48. The van der Waals surface area contributed by atoms with Crippen molar-refractivity contribution >= 4 is 0 Å². The van der Waals surface area contributed by atoms with Gasteiger partial charge in [0.15, 0.2) is 0 Å². The summed E-state index contributed by atoms with van der Waals surface area (Å²) in [4.78, 5) is 0. The molecule has 1 aromatic rings. The Bertz CT molecular complexity index is 411. The summed E-state index contributed by atoms with van der Waals surface area (Å²) in [6, 6.07) is 5.51. The first-order valence-electron chi connectivity index (χ1n) is 5.93. The van der Waals surface area contributed by atoms with Gasteiger partial charge in [0.1, 0.15) is 0 Å². The molecule has 0 saturated carbocycles. The third-order valence-corrected chi connectivity index (χ3v) is 3.53. The predicted molar refractivity (Wildman–Crippen MR) is 62.2 cm³/mol. The normalized spacial score (nSPS) is 24.4. The second kappa shape index (κ2) is 4.90. The van der Waals surface area contributed by atoms with Crippen molar-refractivity contribution in [2.24, 2.45) is 5.73 Å². The molecule has 1 saturated heterocycles. The highest BCUT2D eigenvalue weighted by Gasteiger charge is 2.38. The van der Waals surface area contributed by atoms with Gasteiger partial charge in [-0.3, -0.25) is 0 Å². The smallest absolute Gasteiger partial charge is 0.380 e. The van der Waals surface area contributed by atoms with Crippen LogP contribution in [0.4, 0.5) is 13.2 Å². The van der Waals surface area contributed by atoms with Crippen molar-refractivity contribution in [3.05, 3.63) is 35.4 Å². The van der Waals surface area contributed by atoms with Crippen LogP contribution in [0.1, 0.15) is 24.0 Å². The molecule has 0 amide bonds. The maximum absolute atomic E-state index is 12.7. The summed E-state index contributed by atoms with van der Waals surface area (Å²) in [7, 11) is 0. The fraction of sp³-hybridized carbons (Fsp3) is 0.538. The van der Waals surface area contributed by atoms with Gasteiger partial charge in [0.2, 0.25) is 0 Å². The quantitative estimate of drug-likeness (QED) is 0.905. The van der Waals surface area contributed by atoms with Crippen LogP contribution in [0.5, 0.6) is 0 Å². The van der Waals surface area contributed by atoms with Gasteiger partial charge in [-0.1, -0.05) is 18.2 Å². The van der Waals surface area contributed by atoms with Crippen LogP contribution in [0.3, 0.4) is 0 Å². The summed E-state index contributed by atoms with van der Waals surface area (Å²) in [5.74, 6) is 0. The number of alkyl halides is 3. The zero-order valence-electron chi connectivity index (χ0n) is 9.96. The minimum atomic E-state index is -4.31. The standard InChI is InChI=1S/C13H16F3NO/c14-13(15,16)11-3-1-2-10(8-11)12(4-6-17)5-7-18-9-12/h1-3,8H,4-7,9,17H2. The predicted octanol–water partition coefficient (Wildman–Crippen LogP) is 2.71. The Morgan fingerprint density at radius 3 is 2.67 bits per heavy atom. The van der Waals surface area contributed by atoms with E-state index >= 15 is 0 Å². The van der Waals surface area contributed by atoms with Crippen LogP contribution in [-0.2, 0) is 16.3 Å². The molecular formula is C13H16F3NO. The lowest BCUT2D eigenvalue weighted by Crippen LogP contribution is -2.30. The van der Waals surface area contributed by atoms with Gasteiger partial charge in [0.05, 0.1) is 12.2 Å². The highest BCUT2D eigenvalue weighted by Crippen LogP contribution is 2.38. The van der Waals surface area contributed by atoms with E-state index in [0.717, 1.165) is 12.5 Å². The molecule has 2 rings (SSSR count). The van der Waals surface area contributed by atoms with E-state index in [0.29, 0.717) is 31.7 Å². The van der Waals surface area contributed by atoms with E-state index in [1.165, 1.54) is 12.1 Å². The van der Waals surface area contributed by atoms with E-state index in [-0.39, 0.29) is 5.41 Å². The van der Waals surface area contributed by atoms with E-state index in [1.54, 1.807) is 6.07 Å². The Morgan fingerprint density at radius 1 is 1.33 bits per heavy atom. The highest BCUT2D eigenvalue weighted by atomic mass is 19.4. The summed E-state index contributed by atoms with van der Waals surface area (Å²) in [5, 5.41) is 0. The molecule has 0 aromatic heterocycles. The highest BCUT2D eigenvalue weighted by molar-refractivity contribution is 5.32. The van der Waals surface area contributed by atoms with Crippen LogP contribution in [0.15, 0.2) is 24.3 Å². The molecule has 1 atom stereocenters. The van der Waals surface area contributed by atoms with Gasteiger partial charge in [-0.15, -0.1) is 0 Å². The third-order valence-electron chi connectivity index (χ3n) is 3.53. The molecular weight excluding hydrogens is 243 g/mol. The maximum atomic E-state index is 12.7. The molecule has 0 aliphatic carbocycles. The van der Waals surface area contributed by atoms with Crippen molar-refractivity contribution in [1.82, 2.24) is 0 Å². The molecule has 1 aromatic carbocycles. The van der Waals surface area contributed by atoms with Gasteiger partial charge in [-0.05, 0) is 31.0 Å². The second-order valence-electron chi connectivity index (χ2n) is 4.70. The first-order valence-corrected chi connectivity index (χ1v) is 5.93. The molecule has 0 spiro atoms. The molecule has 0 bridgehead atoms. The Morgan fingerprint density at radius 2 is 2.11 bits per heavy atom. The first-order chi connectivity index (χ1) is 8.48.